The van der Waals surface area contributed by atoms with E-state index in [0.717, 1.165) is 18.4 Å². The summed E-state index contributed by atoms with van der Waals surface area (Å²) in [6, 6.07) is 12.5. The number of carbonyl (C=O) groups excluding carboxylic acids is 1. The molecule has 5 heteroatoms. The van der Waals surface area contributed by atoms with Crippen molar-refractivity contribution in [1.82, 2.24) is 15.0 Å². The third kappa shape index (κ3) is 14.0. The first kappa shape index (κ1) is 30.5. The van der Waals surface area contributed by atoms with Crippen molar-refractivity contribution >= 4 is 16.7 Å². The number of ether oxygens (including phenoxy) is 1. The summed E-state index contributed by atoms with van der Waals surface area (Å²) < 4.78 is 5.25. The number of ketones is 1. The van der Waals surface area contributed by atoms with E-state index in [0.29, 0.717) is 24.7 Å². The molecule has 0 aliphatic heterocycles. The Balaban J connectivity index is 0.000000394. The summed E-state index contributed by atoms with van der Waals surface area (Å²) in [7, 11) is 0. The van der Waals surface area contributed by atoms with Gasteiger partial charge < -0.3 is 9.72 Å². The molecule has 0 radical (unpaired) electrons. The molecule has 1 aromatic carbocycles. The third-order valence-corrected chi connectivity index (χ3v) is 6.64. The first-order valence-corrected chi connectivity index (χ1v) is 14.8. The molecule has 1 N–H and O–H groups in total. The van der Waals surface area contributed by atoms with Crippen LogP contribution in [0.2, 0.25) is 0 Å². The zero-order chi connectivity index (χ0) is 26.4. The number of carbonyl (C=O) groups is 1. The molecule has 204 valence electrons. The molecule has 5 nitrogen and oxygen atoms in total. The van der Waals surface area contributed by atoms with Crippen LogP contribution < -0.4 is 4.74 Å². The van der Waals surface area contributed by atoms with E-state index in [1.54, 1.807) is 6.20 Å². The lowest BCUT2D eigenvalue weighted by Gasteiger charge is -2.03. The van der Waals surface area contributed by atoms with Crippen LogP contribution in [0.1, 0.15) is 127 Å². The fourth-order valence-corrected chi connectivity index (χ4v) is 4.46. The molecular formula is C32H49N3O2. The van der Waals surface area contributed by atoms with Crippen molar-refractivity contribution in [3.8, 4) is 6.01 Å². The van der Waals surface area contributed by atoms with Crippen LogP contribution in [-0.2, 0) is 0 Å². The molecule has 0 spiro atoms. The molecule has 0 unspecified atom stereocenters. The van der Waals surface area contributed by atoms with Crippen molar-refractivity contribution < 1.29 is 9.53 Å². The number of pyridine rings is 1. The molecule has 0 amide bonds. The molecular weight excluding hydrogens is 458 g/mol. The number of nitrogens with one attached hydrogen (secondary N) is 1. The highest BCUT2D eigenvalue weighted by Crippen LogP contribution is 2.15. The number of hydrogen-bond donors (Lipinski definition) is 1. The van der Waals surface area contributed by atoms with Gasteiger partial charge in [0.25, 0.3) is 6.01 Å². The maximum atomic E-state index is 12.1. The van der Waals surface area contributed by atoms with Gasteiger partial charge in [0, 0.05) is 24.2 Å². The molecule has 2 aromatic heterocycles. The molecule has 0 aliphatic carbocycles. The number of nitrogens with zero attached hydrogens (tertiary/aromatic N) is 2. The summed E-state index contributed by atoms with van der Waals surface area (Å²) in [6.07, 6.45) is 24.2. The monoisotopic (exact) mass is 507 g/mol. The molecule has 0 aliphatic rings. The van der Waals surface area contributed by atoms with Crippen molar-refractivity contribution in [2.24, 2.45) is 0 Å². The fraction of sp³-hybridized carbons (Fsp3) is 0.594. The summed E-state index contributed by atoms with van der Waals surface area (Å²) in [5.74, 6) is 0.117. The van der Waals surface area contributed by atoms with E-state index in [1.165, 1.54) is 88.9 Å². The second-order valence-corrected chi connectivity index (χ2v) is 9.84. The van der Waals surface area contributed by atoms with E-state index < -0.39 is 0 Å². The quantitative estimate of drug-likeness (QED) is 0.130. The number of aromatic amines is 1. The minimum Gasteiger partial charge on any atom is -0.465 e. The van der Waals surface area contributed by atoms with E-state index in [2.05, 4.69) is 34.0 Å². The van der Waals surface area contributed by atoms with E-state index in [9.17, 15) is 4.79 Å². The molecule has 0 atom stereocenters. The summed E-state index contributed by atoms with van der Waals surface area (Å²) in [4.78, 5) is 23.3. The Bertz CT molecular complexity index is 904. The highest BCUT2D eigenvalue weighted by Gasteiger charge is 2.10. The molecule has 2 heterocycles. The van der Waals surface area contributed by atoms with E-state index in [1.807, 2.05) is 37.4 Å². The van der Waals surface area contributed by atoms with Gasteiger partial charge in [-0.2, -0.15) is 4.98 Å². The maximum Gasteiger partial charge on any atom is 0.294 e. The second kappa shape index (κ2) is 20.4. The average molecular weight is 508 g/mol. The van der Waals surface area contributed by atoms with Crippen LogP contribution in [0.4, 0.5) is 0 Å². The average Bonchev–Trinajstić information content (AvgIpc) is 3.40. The second-order valence-electron chi connectivity index (χ2n) is 9.84. The first-order valence-electron chi connectivity index (χ1n) is 14.8. The van der Waals surface area contributed by atoms with E-state index in [4.69, 9.17) is 4.74 Å². The number of benzene rings is 1. The van der Waals surface area contributed by atoms with Gasteiger partial charge in [0.2, 0.25) is 0 Å². The SMILES string of the molecule is CCCCCCCCCCCCCCCCCC(=O)c1c[nH]c(OCC)n1.c1ccc2ncccc2c1. The highest BCUT2D eigenvalue weighted by atomic mass is 16.5. The predicted octanol–water partition coefficient (Wildman–Crippen LogP) is 9.49. The minimum atomic E-state index is 0.117. The van der Waals surface area contributed by atoms with Gasteiger partial charge in [0.1, 0.15) is 5.69 Å². The molecule has 0 bridgehead atoms. The van der Waals surface area contributed by atoms with Gasteiger partial charge >= 0.3 is 0 Å². The van der Waals surface area contributed by atoms with Gasteiger partial charge in [-0.05, 0) is 25.5 Å². The summed E-state index contributed by atoms with van der Waals surface area (Å²) >= 11 is 0. The van der Waals surface area contributed by atoms with E-state index >= 15 is 0 Å². The van der Waals surface area contributed by atoms with Gasteiger partial charge in [-0.25, -0.2) is 0 Å². The van der Waals surface area contributed by atoms with Crippen LogP contribution in [0.5, 0.6) is 6.01 Å². The lowest BCUT2D eigenvalue weighted by molar-refractivity contribution is 0.0974. The lowest BCUT2D eigenvalue weighted by atomic mass is 10.0. The van der Waals surface area contributed by atoms with Crippen LogP contribution >= 0.6 is 0 Å². The van der Waals surface area contributed by atoms with Crippen LogP contribution in [0.3, 0.4) is 0 Å². The molecule has 0 saturated carbocycles. The van der Waals surface area contributed by atoms with Gasteiger partial charge in [-0.1, -0.05) is 121 Å². The third-order valence-electron chi connectivity index (χ3n) is 6.64. The minimum absolute atomic E-state index is 0.117. The molecule has 0 saturated heterocycles. The Labute approximate surface area is 224 Å². The summed E-state index contributed by atoms with van der Waals surface area (Å²) in [5.41, 5.74) is 1.56. The fourth-order valence-electron chi connectivity index (χ4n) is 4.46. The normalized spacial score (nSPS) is 10.8. The number of para-hydroxylation sites is 1. The van der Waals surface area contributed by atoms with Crippen LogP contribution in [0, 0.1) is 0 Å². The number of imidazole rings is 1. The van der Waals surface area contributed by atoms with Gasteiger partial charge in [-0.3, -0.25) is 9.78 Å². The number of fused-ring (bicyclic) bond motifs is 1. The maximum absolute atomic E-state index is 12.1. The van der Waals surface area contributed by atoms with Crippen molar-refractivity contribution in [2.75, 3.05) is 6.61 Å². The summed E-state index contributed by atoms with van der Waals surface area (Å²) in [5, 5.41) is 1.20. The molecule has 37 heavy (non-hydrogen) atoms. The lowest BCUT2D eigenvalue weighted by Crippen LogP contribution is -2.00. The Kier molecular flexibility index (Phi) is 16.8. The number of H-pyrrole nitrogens is 1. The van der Waals surface area contributed by atoms with Gasteiger partial charge in [0.05, 0.1) is 12.1 Å². The summed E-state index contributed by atoms with van der Waals surface area (Å²) in [6.45, 7) is 4.74. The number of rotatable bonds is 19. The molecule has 3 aromatic rings. The first-order chi connectivity index (χ1) is 18.2. The number of unbranched alkanes of at least 4 members (excludes halogenated alkanes) is 14. The zero-order valence-corrected chi connectivity index (χ0v) is 23.4. The zero-order valence-electron chi connectivity index (χ0n) is 23.4. The van der Waals surface area contributed by atoms with Crippen molar-refractivity contribution in [1.29, 1.82) is 0 Å². The van der Waals surface area contributed by atoms with Crippen molar-refractivity contribution in [2.45, 2.75) is 117 Å². The Morgan fingerprint density at radius 3 is 1.92 bits per heavy atom. The van der Waals surface area contributed by atoms with Crippen molar-refractivity contribution in [3.05, 3.63) is 54.5 Å². The number of aromatic nitrogens is 3. The highest BCUT2D eigenvalue weighted by molar-refractivity contribution is 5.94. The molecule has 0 fully saturated rings. The van der Waals surface area contributed by atoms with Gasteiger partial charge in [-0.15, -0.1) is 0 Å². The number of Topliss-reactive ketones (excluding diaryl/α,β-unsaturated/α-hetero) is 1. The van der Waals surface area contributed by atoms with Crippen LogP contribution in [0.15, 0.2) is 48.8 Å². The van der Waals surface area contributed by atoms with Gasteiger partial charge in [0.15, 0.2) is 5.78 Å². The standard InChI is InChI=1S/C23H42N2O2.C9H7N/c1-3-5-6-7-8-9-10-11-12-13-14-15-16-17-18-19-22(26)21-20-24-23(25-21)27-4-2;1-2-6-9-8(4-1)5-3-7-10-9/h20H,3-19H2,1-2H3,(H,24,25);1-7H. The Hall–Kier alpha value is -2.69. The number of hydrogen-bond acceptors (Lipinski definition) is 4. The predicted molar refractivity (Wildman–Crippen MR) is 155 cm³/mol. The largest absolute Gasteiger partial charge is 0.465 e. The van der Waals surface area contributed by atoms with Crippen molar-refractivity contribution in [3.63, 3.8) is 0 Å². The van der Waals surface area contributed by atoms with Crippen LogP contribution in [0.25, 0.3) is 10.9 Å². The van der Waals surface area contributed by atoms with E-state index in [-0.39, 0.29) is 5.78 Å². The Morgan fingerprint density at radius 1 is 0.757 bits per heavy atom. The Morgan fingerprint density at radius 2 is 1.32 bits per heavy atom. The smallest absolute Gasteiger partial charge is 0.294 e. The van der Waals surface area contributed by atoms with Crippen LogP contribution in [-0.4, -0.2) is 27.3 Å². The molecule has 3 rings (SSSR count). The topological polar surface area (TPSA) is 67.9 Å².